The van der Waals surface area contributed by atoms with Crippen LogP contribution < -0.4 is 18.9 Å². The predicted octanol–water partition coefficient (Wildman–Crippen LogP) is 5.38. The first-order valence-corrected chi connectivity index (χ1v) is 15.1. The lowest BCUT2D eigenvalue weighted by molar-refractivity contribution is 0.0724. The Bertz CT molecular complexity index is 1440. The summed E-state index contributed by atoms with van der Waals surface area (Å²) in [5.41, 5.74) is 2.65. The second-order valence-corrected chi connectivity index (χ2v) is 10.6. The van der Waals surface area contributed by atoms with E-state index in [0.29, 0.717) is 73.8 Å². The molecule has 46 heavy (non-hydrogen) atoms. The maximum atomic E-state index is 12.6. The monoisotopic (exact) mass is 626 g/mol. The normalized spacial score (nSPS) is 16.3. The van der Waals surface area contributed by atoms with E-state index in [2.05, 4.69) is 0 Å². The maximum absolute atomic E-state index is 12.6. The van der Waals surface area contributed by atoms with E-state index >= 15 is 0 Å². The first kappa shape index (κ1) is 31.3. The highest BCUT2D eigenvalue weighted by Crippen LogP contribution is 2.26. The van der Waals surface area contributed by atoms with Crippen LogP contribution in [0.1, 0.15) is 20.7 Å². The summed E-state index contributed by atoms with van der Waals surface area (Å²) in [6.45, 7) is 4.46. The molecule has 2 aliphatic rings. The zero-order valence-electron chi connectivity index (χ0n) is 25.1. The molecule has 2 unspecified atom stereocenters. The lowest BCUT2D eigenvalue weighted by Gasteiger charge is -2.09. The quantitative estimate of drug-likeness (QED) is 0.0655. The molecule has 2 heterocycles. The van der Waals surface area contributed by atoms with Gasteiger partial charge >= 0.3 is 11.9 Å². The van der Waals surface area contributed by atoms with Gasteiger partial charge in [-0.05, 0) is 83.9 Å². The zero-order valence-corrected chi connectivity index (χ0v) is 25.1. The number of hydrogen-bond donors (Lipinski definition) is 0. The molecule has 2 fully saturated rings. The van der Waals surface area contributed by atoms with E-state index in [4.69, 9.17) is 37.9 Å². The summed E-state index contributed by atoms with van der Waals surface area (Å²) in [6, 6.07) is 27.9. The lowest BCUT2D eigenvalue weighted by atomic mass is 10.1. The standard InChI is InChI=1S/C36H34O10/c37-35(27-5-9-29(10-6-27)41-19-17-39-21-33-23-43-33)45-31-13-1-25(2-14-31)26-3-15-32(16-4-26)46-36(38)28-7-11-30(12-8-28)42-20-18-40-22-34-24-44-34/h1-16,33-34H,17-24H2. The van der Waals surface area contributed by atoms with Crippen molar-refractivity contribution < 1.29 is 47.5 Å². The fourth-order valence-electron chi connectivity index (χ4n) is 4.33. The molecule has 0 bridgehead atoms. The highest BCUT2D eigenvalue weighted by atomic mass is 16.6. The molecule has 10 heteroatoms. The first-order valence-electron chi connectivity index (χ1n) is 15.1. The number of carbonyl (C=O) groups is 2. The van der Waals surface area contributed by atoms with Crippen molar-refractivity contribution in [1.82, 2.24) is 0 Å². The van der Waals surface area contributed by atoms with Crippen LogP contribution in [0.3, 0.4) is 0 Å². The van der Waals surface area contributed by atoms with E-state index in [1.54, 1.807) is 72.8 Å². The average molecular weight is 627 g/mol. The van der Waals surface area contributed by atoms with E-state index in [9.17, 15) is 9.59 Å². The molecular weight excluding hydrogens is 592 g/mol. The Balaban J connectivity index is 0.928. The van der Waals surface area contributed by atoms with Crippen molar-refractivity contribution in [2.24, 2.45) is 0 Å². The van der Waals surface area contributed by atoms with Crippen molar-refractivity contribution in [2.45, 2.75) is 12.2 Å². The molecule has 2 saturated heterocycles. The predicted molar refractivity (Wildman–Crippen MR) is 167 cm³/mol. The van der Waals surface area contributed by atoms with Crippen LogP contribution in [0.4, 0.5) is 0 Å². The maximum Gasteiger partial charge on any atom is 0.343 e. The molecule has 0 amide bonds. The molecule has 2 aliphatic heterocycles. The van der Waals surface area contributed by atoms with E-state index in [1.165, 1.54) is 0 Å². The van der Waals surface area contributed by atoms with Gasteiger partial charge < -0.3 is 37.9 Å². The Morgan fingerprint density at radius 1 is 0.500 bits per heavy atom. The molecule has 4 aromatic rings. The summed E-state index contributed by atoms with van der Waals surface area (Å²) in [4.78, 5) is 25.3. The Hall–Kier alpha value is -4.74. The third-order valence-electron chi connectivity index (χ3n) is 7.05. The number of carbonyl (C=O) groups excluding carboxylic acids is 2. The fourth-order valence-corrected chi connectivity index (χ4v) is 4.33. The second kappa shape index (κ2) is 15.5. The van der Waals surface area contributed by atoms with Crippen LogP contribution in [0.25, 0.3) is 11.1 Å². The number of ether oxygens (including phenoxy) is 8. The highest BCUT2D eigenvalue weighted by molar-refractivity contribution is 5.92. The summed E-state index contributed by atoms with van der Waals surface area (Å²) < 4.78 is 43.4. The molecule has 0 radical (unpaired) electrons. The van der Waals surface area contributed by atoms with Crippen LogP contribution in [0, 0.1) is 0 Å². The van der Waals surface area contributed by atoms with Gasteiger partial charge in [0.2, 0.25) is 0 Å². The number of esters is 2. The Kier molecular flexibility index (Phi) is 10.5. The summed E-state index contributed by atoms with van der Waals surface area (Å²) >= 11 is 0. The van der Waals surface area contributed by atoms with Crippen LogP contribution in [0.2, 0.25) is 0 Å². The summed E-state index contributed by atoms with van der Waals surface area (Å²) in [6.07, 6.45) is 0.460. The van der Waals surface area contributed by atoms with Crippen molar-refractivity contribution in [3.05, 3.63) is 108 Å². The minimum absolute atomic E-state index is 0.230. The van der Waals surface area contributed by atoms with Gasteiger partial charge in [0.15, 0.2) is 0 Å². The third kappa shape index (κ3) is 9.63. The SMILES string of the molecule is O=C(Oc1ccc(-c2ccc(OC(=O)c3ccc(OCCOCC4CO4)cc3)cc2)cc1)c1ccc(OCCOCC2CO2)cc1. The van der Waals surface area contributed by atoms with E-state index in [1.807, 2.05) is 24.3 Å². The van der Waals surface area contributed by atoms with Crippen LogP contribution in [-0.2, 0) is 18.9 Å². The third-order valence-corrected chi connectivity index (χ3v) is 7.05. The van der Waals surface area contributed by atoms with E-state index in [-0.39, 0.29) is 12.2 Å². The molecule has 10 nitrogen and oxygen atoms in total. The largest absolute Gasteiger partial charge is 0.491 e. The number of hydrogen-bond acceptors (Lipinski definition) is 10. The van der Waals surface area contributed by atoms with Gasteiger partial charge in [0.25, 0.3) is 0 Å². The van der Waals surface area contributed by atoms with Crippen LogP contribution in [-0.4, -0.2) is 77.0 Å². The van der Waals surface area contributed by atoms with Crippen molar-refractivity contribution in [1.29, 1.82) is 0 Å². The number of rotatable bonds is 17. The molecule has 0 N–H and O–H groups in total. The Labute approximate surface area is 266 Å². The van der Waals surface area contributed by atoms with Gasteiger partial charge in [0.05, 0.1) is 50.8 Å². The van der Waals surface area contributed by atoms with Crippen LogP contribution >= 0.6 is 0 Å². The van der Waals surface area contributed by atoms with Gasteiger partial charge in [-0.15, -0.1) is 0 Å². The number of benzene rings is 4. The molecular formula is C36H34O10. The average Bonchev–Trinajstić information content (AvgIpc) is 4.03. The van der Waals surface area contributed by atoms with Crippen molar-refractivity contribution >= 4 is 11.9 Å². The van der Waals surface area contributed by atoms with Crippen molar-refractivity contribution in [3.8, 4) is 34.1 Å². The molecule has 0 aromatic heterocycles. The fraction of sp³-hybridized carbons (Fsp3) is 0.278. The molecule has 0 saturated carbocycles. The topological polar surface area (TPSA) is 115 Å². The minimum atomic E-state index is -0.468. The molecule has 2 atom stereocenters. The highest BCUT2D eigenvalue weighted by Gasteiger charge is 2.22. The van der Waals surface area contributed by atoms with Gasteiger partial charge in [-0.25, -0.2) is 9.59 Å². The first-order chi connectivity index (χ1) is 22.6. The Morgan fingerprint density at radius 3 is 1.20 bits per heavy atom. The van der Waals surface area contributed by atoms with Crippen molar-refractivity contribution in [3.63, 3.8) is 0 Å². The second-order valence-electron chi connectivity index (χ2n) is 10.6. The minimum Gasteiger partial charge on any atom is -0.491 e. The van der Waals surface area contributed by atoms with Gasteiger partial charge in [0.1, 0.15) is 48.4 Å². The molecule has 6 rings (SSSR count). The Morgan fingerprint density at radius 2 is 0.848 bits per heavy atom. The summed E-state index contributed by atoms with van der Waals surface area (Å²) in [5, 5.41) is 0. The van der Waals surface area contributed by atoms with Crippen LogP contribution in [0.15, 0.2) is 97.1 Å². The molecule has 0 spiro atoms. The molecule has 0 aliphatic carbocycles. The van der Waals surface area contributed by atoms with Gasteiger partial charge in [-0.3, -0.25) is 0 Å². The lowest BCUT2D eigenvalue weighted by Crippen LogP contribution is -2.11. The smallest absolute Gasteiger partial charge is 0.343 e. The zero-order chi connectivity index (χ0) is 31.6. The van der Waals surface area contributed by atoms with Gasteiger partial charge in [-0.2, -0.15) is 0 Å². The summed E-state index contributed by atoms with van der Waals surface area (Å²) in [7, 11) is 0. The summed E-state index contributed by atoms with van der Waals surface area (Å²) in [5.74, 6) is 1.19. The molecule has 4 aromatic carbocycles. The van der Waals surface area contributed by atoms with E-state index < -0.39 is 11.9 Å². The van der Waals surface area contributed by atoms with Crippen molar-refractivity contribution in [2.75, 3.05) is 52.9 Å². The molecule has 238 valence electrons. The number of epoxide rings is 2. The van der Waals surface area contributed by atoms with Gasteiger partial charge in [0, 0.05) is 0 Å². The van der Waals surface area contributed by atoms with Gasteiger partial charge in [-0.1, -0.05) is 24.3 Å². The van der Waals surface area contributed by atoms with E-state index in [0.717, 1.165) is 24.3 Å². The van der Waals surface area contributed by atoms with Crippen LogP contribution in [0.5, 0.6) is 23.0 Å².